The first-order valence-electron chi connectivity index (χ1n) is 21.7. The van der Waals surface area contributed by atoms with E-state index in [4.69, 9.17) is 24.7 Å². The van der Waals surface area contributed by atoms with Crippen LogP contribution in [-0.2, 0) is 4.74 Å². The monoisotopic (exact) mass is 984 g/mol. The molecule has 20 heteroatoms. The average Bonchev–Trinajstić information content (AvgIpc) is 4.12. The van der Waals surface area contributed by atoms with Gasteiger partial charge in [-0.25, -0.2) is 4.79 Å². The van der Waals surface area contributed by atoms with E-state index in [2.05, 4.69) is 96.2 Å². The van der Waals surface area contributed by atoms with Crippen LogP contribution in [0.3, 0.4) is 0 Å². The molecule has 0 spiro atoms. The maximum atomic E-state index is 12.2. The van der Waals surface area contributed by atoms with Crippen molar-refractivity contribution in [3.05, 3.63) is 179 Å². The molecule has 0 aliphatic heterocycles. The standard InChI is InChI=1S/C22H23N5O3.C17H15N5O.C13H10N4O.ClH/c1-15(27(5)21(28)29-22(2,3)4)20-25-19(26-30-20)18-9-8-17(14-24-18)7-6-16-10-12-23-13-11-16;1-12(18-2)17-21-16(22-23-17)15-6-5-14(11-20-15)4-3-13-7-9-19-10-8-13;14-13(17-18)12-4-3-11(9-16-12)2-1-10-5-7-15-8-6-10;/h8-15H,1-5H3;5-12,18H,1-2H3;3-9,18H,(H2,14,17);1H. The Morgan fingerprint density at radius 3 is 1.43 bits per heavy atom. The minimum absolute atomic E-state index is 0. The molecule has 72 heavy (non-hydrogen) atoms. The lowest BCUT2D eigenvalue weighted by molar-refractivity contribution is 0.0207. The minimum Gasteiger partial charge on any atom is -0.444 e. The molecule has 0 aliphatic carbocycles. The first-order chi connectivity index (χ1) is 34.3. The topological polar surface area (TPSA) is 255 Å². The van der Waals surface area contributed by atoms with E-state index in [1.807, 2.05) is 89.3 Å². The van der Waals surface area contributed by atoms with Gasteiger partial charge in [-0.05, 0) is 114 Å². The second kappa shape index (κ2) is 26.4. The summed E-state index contributed by atoms with van der Waals surface area (Å²) < 4.78 is 15.9. The highest BCUT2D eigenvalue weighted by atomic mass is 35.5. The highest BCUT2D eigenvalue weighted by molar-refractivity contribution is 5.95. The number of rotatable bonds is 7. The number of carbonyl (C=O) groups excluding carboxylic acids is 1. The van der Waals surface area contributed by atoms with E-state index in [0.29, 0.717) is 40.5 Å². The van der Waals surface area contributed by atoms with Gasteiger partial charge in [0.05, 0.1) is 6.04 Å². The molecule has 19 nitrogen and oxygen atoms in total. The van der Waals surface area contributed by atoms with Crippen LogP contribution in [0.15, 0.2) is 143 Å². The van der Waals surface area contributed by atoms with E-state index >= 15 is 0 Å². The summed E-state index contributed by atoms with van der Waals surface area (Å²) in [5.41, 5.74) is 11.4. The highest BCUT2D eigenvalue weighted by Crippen LogP contribution is 2.23. The summed E-state index contributed by atoms with van der Waals surface area (Å²) in [6, 6.07) is 21.3. The lowest BCUT2D eigenvalue weighted by atomic mass is 10.2. The van der Waals surface area contributed by atoms with Crippen molar-refractivity contribution in [2.45, 2.75) is 52.3 Å². The van der Waals surface area contributed by atoms with Crippen molar-refractivity contribution in [3.8, 4) is 58.6 Å². The van der Waals surface area contributed by atoms with Crippen LogP contribution in [-0.4, -0.2) is 91.9 Å². The predicted molar refractivity (Wildman–Crippen MR) is 270 cm³/mol. The Kier molecular flexibility index (Phi) is 19.7. The summed E-state index contributed by atoms with van der Waals surface area (Å²) in [5.74, 6) is 19.8. The van der Waals surface area contributed by atoms with Crippen molar-refractivity contribution in [2.75, 3.05) is 14.1 Å². The van der Waals surface area contributed by atoms with Gasteiger partial charge in [0.2, 0.25) is 23.4 Å². The zero-order valence-electron chi connectivity index (χ0n) is 40.2. The molecule has 1 amide bonds. The number of hydrogen-bond acceptors (Lipinski definition) is 17. The molecule has 0 saturated carbocycles. The van der Waals surface area contributed by atoms with E-state index in [9.17, 15) is 4.79 Å². The number of nitrogens with zero attached hydrogens (tertiary/aromatic N) is 12. The van der Waals surface area contributed by atoms with Gasteiger partial charge in [0.25, 0.3) is 0 Å². The fourth-order valence-electron chi connectivity index (χ4n) is 5.41. The summed E-state index contributed by atoms with van der Waals surface area (Å²) >= 11 is 0. The van der Waals surface area contributed by atoms with E-state index in [-0.39, 0.29) is 24.3 Å². The van der Waals surface area contributed by atoms with Crippen molar-refractivity contribution >= 4 is 24.3 Å². The van der Waals surface area contributed by atoms with Crippen LogP contribution >= 0.6 is 12.4 Å². The van der Waals surface area contributed by atoms with Crippen molar-refractivity contribution in [3.63, 3.8) is 0 Å². The zero-order valence-corrected chi connectivity index (χ0v) is 41.0. The molecule has 0 bridgehead atoms. The van der Waals surface area contributed by atoms with Gasteiger partial charge in [0.1, 0.15) is 28.7 Å². The van der Waals surface area contributed by atoms with E-state index < -0.39 is 17.7 Å². The van der Waals surface area contributed by atoms with Gasteiger partial charge in [-0.2, -0.15) is 9.97 Å². The van der Waals surface area contributed by atoms with Crippen molar-refractivity contribution in [1.82, 2.24) is 60.4 Å². The van der Waals surface area contributed by atoms with Crippen LogP contribution < -0.4 is 11.1 Å². The van der Waals surface area contributed by atoms with E-state index in [1.54, 1.807) is 87.9 Å². The molecular weight excluding hydrogens is 936 g/mol. The van der Waals surface area contributed by atoms with Crippen molar-refractivity contribution in [1.29, 1.82) is 0 Å². The average molecular weight is 986 g/mol. The number of oxime groups is 1. The number of carbonyl (C=O) groups is 1. The third kappa shape index (κ3) is 16.4. The Labute approximate surface area is 422 Å². The summed E-state index contributed by atoms with van der Waals surface area (Å²) in [6.45, 7) is 9.16. The van der Waals surface area contributed by atoms with Crippen LogP contribution in [0.25, 0.3) is 23.0 Å². The predicted octanol–water partition coefficient (Wildman–Crippen LogP) is 7.45. The molecule has 0 fully saturated rings. The second-order valence-corrected chi connectivity index (χ2v) is 15.9. The molecule has 8 aromatic rings. The minimum atomic E-state index is -0.586. The largest absolute Gasteiger partial charge is 0.444 e. The number of halogens is 1. The molecule has 8 heterocycles. The Morgan fingerprint density at radius 2 is 1.06 bits per heavy atom. The lowest BCUT2D eigenvalue weighted by Crippen LogP contribution is -2.35. The highest BCUT2D eigenvalue weighted by Gasteiger charge is 2.27. The molecule has 2 atom stereocenters. The Balaban J connectivity index is 0.000000206. The SMILES string of the molecule is CC(c1nc(-c2ccc(C#Cc3ccncc3)cn2)no1)N(C)C(=O)OC(C)(C)C.CNC(C)c1nc(-c2ccc(C#Cc3ccncc3)cn2)no1.Cl.N/C(=N\O)c1ccc(C#Cc2ccncc2)cn1. The number of amidine groups is 1. The summed E-state index contributed by atoms with van der Waals surface area (Å²) in [6.07, 6.45) is 14.6. The maximum Gasteiger partial charge on any atom is 0.410 e. The number of nitrogens with two attached hydrogens (primary N) is 1. The third-order valence-electron chi connectivity index (χ3n) is 9.52. The second-order valence-electron chi connectivity index (χ2n) is 15.9. The molecule has 0 aromatic carbocycles. The molecule has 4 N–H and O–H groups in total. The normalized spacial score (nSPS) is 11.3. The maximum absolute atomic E-state index is 12.2. The number of aromatic nitrogens is 10. The fourth-order valence-corrected chi connectivity index (χ4v) is 5.41. The number of nitrogens with one attached hydrogen (secondary N) is 1. The first kappa shape index (κ1) is 53.6. The van der Waals surface area contributed by atoms with Gasteiger partial charge < -0.3 is 30.0 Å². The molecule has 8 aromatic heterocycles. The van der Waals surface area contributed by atoms with Crippen molar-refractivity contribution < 1.29 is 23.8 Å². The quantitative estimate of drug-likeness (QED) is 0.0460. The van der Waals surface area contributed by atoms with Crippen LogP contribution in [0.2, 0.25) is 0 Å². The van der Waals surface area contributed by atoms with Gasteiger partial charge in [0.15, 0.2) is 5.84 Å². The Bertz CT molecular complexity index is 3190. The lowest BCUT2D eigenvalue weighted by Gasteiger charge is -2.26. The number of amides is 1. The van der Waals surface area contributed by atoms with E-state index in [0.717, 1.165) is 33.4 Å². The van der Waals surface area contributed by atoms with Crippen LogP contribution in [0, 0.1) is 35.5 Å². The van der Waals surface area contributed by atoms with Crippen LogP contribution in [0.1, 0.15) is 97.6 Å². The van der Waals surface area contributed by atoms with Crippen molar-refractivity contribution in [2.24, 2.45) is 10.9 Å². The number of pyridine rings is 6. The van der Waals surface area contributed by atoms with Gasteiger partial charge >= 0.3 is 6.09 Å². The summed E-state index contributed by atoms with van der Waals surface area (Å²) in [7, 11) is 3.46. The fraction of sp³-hybridized carbons (Fsp3) is 0.192. The molecule has 0 aliphatic rings. The van der Waals surface area contributed by atoms with Gasteiger partial charge in [-0.15, -0.1) is 12.4 Å². The van der Waals surface area contributed by atoms with E-state index in [1.165, 1.54) is 4.90 Å². The van der Waals surface area contributed by atoms with Gasteiger partial charge in [-0.3, -0.25) is 34.8 Å². The number of ether oxygens (including phenoxy) is 1. The molecule has 0 saturated heterocycles. The smallest absolute Gasteiger partial charge is 0.410 e. The Hall–Kier alpha value is -9.35. The molecule has 8 rings (SSSR count). The van der Waals surface area contributed by atoms with Gasteiger partial charge in [0, 0.05) is 96.2 Å². The summed E-state index contributed by atoms with van der Waals surface area (Å²) in [5, 5.41) is 22.3. The molecule has 364 valence electrons. The number of hydrogen-bond donors (Lipinski definition) is 3. The van der Waals surface area contributed by atoms with Crippen LogP contribution in [0.5, 0.6) is 0 Å². The molecule has 0 radical (unpaired) electrons. The molecule has 2 unspecified atom stereocenters. The third-order valence-corrected chi connectivity index (χ3v) is 9.52. The Morgan fingerprint density at radius 1 is 0.653 bits per heavy atom. The molecular formula is C52H49ClN14O5. The zero-order chi connectivity index (χ0) is 50.6. The van der Waals surface area contributed by atoms with Crippen LogP contribution in [0.4, 0.5) is 4.79 Å². The van der Waals surface area contributed by atoms with Gasteiger partial charge in [-0.1, -0.05) is 51.0 Å². The summed E-state index contributed by atoms with van der Waals surface area (Å²) in [4.78, 5) is 46.9. The first-order valence-corrected chi connectivity index (χ1v) is 21.7.